The summed E-state index contributed by atoms with van der Waals surface area (Å²) < 4.78 is 7.25. The number of hydrogen-bond donors (Lipinski definition) is 0. The Morgan fingerprint density at radius 3 is 3.00 bits per heavy atom. The maximum Gasteiger partial charge on any atom is 0.410 e. The molecule has 0 unspecified atom stereocenters. The van der Waals surface area contributed by atoms with Gasteiger partial charge in [0.1, 0.15) is 11.3 Å². The summed E-state index contributed by atoms with van der Waals surface area (Å²) in [6, 6.07) is 1.78. The van der Waals surface area contributed by atoms with Crippen LogP contribution in [-0.2, 0) is 4.74 Å². The molecule has 0 radical (unpaired) electrons. The fourth-order valence-electron chi connectivity index (χ4n) is 3.37. The Hall–Kier alpha value is -2.64. The Morgan fingerprint density at radius 1 is 1.39 bits per heavy atom. The summed E-state index contributed by atoms with van der Waals surface area (Å²) in [5.41, 5.74) is -0.227. The molecule has 120 valence electrons. The van der Waals surface area contributed by atoms with Crippen LogP contribution in [0.25, 0.3) is 5.78 Å². The van der Waals surface area contributed by atoms with E-state index >= 15 is 0 Å². The topological polar surface area (TPSA) is 80.0 Å². The van der Waals surface area contributed by atoms with Crippen LogP contribution in [0, 0.1) is 0 Å². The number of nitrogens with zero attached hydrogens (tertiary/aromatic N) is 5. The molecule has 1 spiro atoms. The number of carbonyl (C=O) groups excluding carboxylic acids is 2. The average Bonchev–Trinajstić information content (AvgIpc) is 3.08. The first-order valence-electron chi connectivity index (χ1n) is 7.59. The lowest BCUT2D eigenvalue weighted by Crippen LogP contribution is -2.52. The van der Waals surface area contributed by atoms with Crippen LogP contribution < -0.4 is 0 Å². The molecule has 8 nitrogen and oxygen atoms in total. The number of aromatic nitrogens is 3. The van der Waals surface area contributed by atoms with Crippen molar-refractivity contribution < 1.29 is 14.3 Å². The Labute approximate surface area is 132 Å². The monoisotopic (exact) mass is 315 g/mol. The van der Waals surface area contributed by atoms with Gasteiger partial charge >= 0.3 is 6.09 Å². The van der Waals surface area contributed by atoms with E-state index in [-0.39, 0.29) is 12.0 Å². The highest BCUT2D eigenvalue weighted by Crippen LogP contribution is 2.31. The molecule has 4 rings (SSSR count). The molecular weight excluding hydrogens is 298 g/mol. The predicted molar refractivity (Wildman–Crippen MR) is 80.0 cm³/mol. The summed E-state index contributed by atoms with van der Waals surface area (Å²) >= 11 is 0. The van der Waals surface area contributed by atoms with E-state index in [0.717, 1.165) is 12.8 Å². The van der Waals surface area contributed by atoms with Crippen LogP contribution in [0.1, 0.15) is 23.3 Å². The van der Waals surface area contributed by atoms with Crippen LogP contribution >= 0.6 is 0 Å². The third kappa shape index (κ3) is 2.30. The van der Waals surface area contributed by atoms with Gasteiger partial charge in [-0.3, -0.25) is 9.20 Å². The van der Waals surface area contributed by atoms with Crippen LogP contribution in [0.5, 0.6) is 0 Å². The molecule has 23 heavy (non-hydrogen) atoms. The highest BCUT2D eigenvalue weighted by molar-refractivity contribution is 5.93. The first kappa shape index (κ1) is 14.0. The predicted octanol–water partition coefficient (Wildman–Crippen LogP) is 0.786. The zero-order valence-electron chi connectivity index (χ0n) is 12.8. The van der Waals surface area contributed by atoms with Gasteiger partial charge in [0.25, 0.3) is 5.91 Å². The zero-order chi connectivity index (χ0) is 16.0. The lowest BCUT2D eigenvalue weighted by molar-refractivity contribution is -0.00538. The second kappa shape index (κ2) is 4.94. The summed E-state index contributed by atoms with van der Waals surface area (Å²) in [5.74, 6) is 0.342. The maximum absolute atomic E-state index is 12.7. The average molecular weight is 315 g/mol. The van der Waals surface area contributed by atoms with Crippen LogP contribution in [-0.4, -0.2) is 68.5 Å². The van der Waals surface area contributed by atoms with Crippen molar-refractivity contribution in [2.75, 3.05) is 26.7 Å². The molecule has 0 bridgehead atoms. The fraction of sp³-hybridized carbons (Fsp3) is 0.467. The zero-order valence-corrected chi connectivity index (χ0v) is 12.8. The van der Waals surface area contributed by atoms with E-state index in [2.05, 4.69) is 9.97 Å². The molecule has 4 heterocycles. The van der Waals surface area contributed by atoms with Crippen molar-refractivity contribution in [3.8, 4) is 0 Å². The smallest absolute Gasteiger partial charge is 0.410 e. The normalized spacial score (nSPS) is 24.5. The lowest BCUT2D eigenvalue weighted by Gasteiger charge is -2.38. The number of imidazole rings is 1. The van der Waals surface area contributed by atoms with E-state index in [4.69, 9.17) is 4.74 Å². The summed E-state index contributed by atoms with van der Waals surface area (Å²) in [6.07, 6.45) is 6.38. The minimum atomic E-state index is -0.586. The summed E-state index contributed by atoms with van der Waals surface area (Å²) in [4.78, 5) is 36.1. The third-order valence-corrected chi connectivity index (χ3v) is 4.42. The minimum absolute atomic E-state index is 0.153. The molecular formula is C15H17N5O3. The van der Waals surface area contributed by atoms with Gasteiger partial charge in [0.05, 0.1) is 13.1 Å². The largest absolute Gasteiger partial charge is 0.439 e. The number of carbonyl (C=O) groups is 2. The Balaban J connectivity index is 1.57. The van der Waals surface area contributed by atoms with Crippen molar-refractivity contribution >= 4 is 17.8 Å². The molecule has 0 saturated carbocycles. The van der Waals surface area contributed by atoms with Gasteiger partial charge in [-0.15, -0.1) is 0 Å². The number of likely N-dealkylation sites (tertiary alicyclic amines) is 1. The number of amides is 2. The van der Waals surface area contributed by atoms with Crippen molar-refractivity contribution in [3.05, 3.63) is 30.4 Å². The van der Waals surface area contributed by atoms with Crippen LogP contribution in [0.15, 0.2) is 24.7 Å². The SMILES string of the molecule is CN1C[C@@]2(CCCN(C(=O)c3cn4cccnc4n3)C2)OC1=O. The van der Waals surface area contributed by atoms with Gasteiger partial charge in [-0.25, -0.2) is 14.8 Å². The van der Waals surface area contributed by atoms with Crippen molar-refractivity contribution in [1.82, 2.24) is 24.2 Å². The molecule has 2 saturated heterocycles. The number of rotatable bonds is 1. The second-order valence-corrected chi connectivity index (χ2v) is 6.19. The summed E-state index contributed by atoms with van der Waals surface area (Å²) in [7, 11) is 1.71. The van der Waals surface area contributed by atoms with Gasteiger partial charge in [-0.05, 0) is 18.9 Å². The summed E-state index contributed by atoms with van der Waals surface area (Å²) in [5, 5.41) is 0. The second-order valence-electron chi connectivity index (χ2n) is 6.19. The number of hydrogen-bond acceptors (Lipinski definition) is 5. The van der Waals surface area contributed by atoms with Crippen molar-refractivity contribution in [3.63, 3.8) is 0 Å². The molecule has 2 aliphatic heterocycles. The molecule has 2 fully saturated rings. The number of fused-ring (bicyclic) bond motifs is 1. The highest BCUT2D eigenvalue weighted by atomic mass is 16.6. The molecule has 1 atom stereocenters. The van der Waals surface area contributed by atoms with Gasteiger partial charge in [-0.2, -0.15) is 0 Å². The Bertz CT molecular complexity index is 755. The molecule has 2 amide bonds. The third-order valence-electron chi connectivity index (χ3n) is 4.42. The molecule has 0 aromatic carbocycles. The van der Waals surface area contributed by atoms with Crippen molar-refractivity contribution in [2.24, 2.45) is 0 Å². The number of ether oxygens (including phenoxy) is 1. The van der Waals surface area contributed by atoms with Gasteiger partial charge < -0.3 is 14.5 Å². The standard InChI is InChI=1S/C15H17N5O3/c1-18-9-15(23-14(18)22)4-2-6-20(10-15)12(21)11-8-19-7-3-5-16-13(19)17-11/h3,5,7-8H,2,4,6,9-10H2,1H3/t15-/m1/s1. The van der Waals surface area contributed by atoms with E-state index in [9.17, 15) is 9.59 Å². The fourth-order valence-corrected chi connectivity index (χ4v) is 3.37. The Morgan fingerprint density at radius 2 is 2.26 bits per heavy atom. The maximum atomic E-state index is 12.7. The molecule has 2 aromatic heterocycles. The molecule has 0 N–H and O–H groups in total. The number of likely N-dealkylation sites (N-methyl/N-ethyl adjacent to an activating group) is 1. The van der Waals surface area contributed by atoms with Crippen molar-refractivity contribution in [2.45, 2.75) is 18.4 Å². The van der Waals surface area contributed by atoms with Gasteiger partial charge in [0.15, 0.2) is 0 Å². The van der Waals surface area contributed by atoms with E-state index < -0.39 is 5.60 Å². The quantitative estimate of drug-likeness (QED) is 0.777. The minimum Gasteiger partial charge on any atom is -0.439 e. The molecule has 8 heteroatoms. The van der Waals surface area contributed by atoms with Crippen molar-refractivity contribution in [1.29, 1.82) is 0 Å². The van der Waals surface area contributed by atoms with E-state index in [0.29, 0.717) is 31.1 Å². The molecule has 2 aliphatic rings. The molecule has 2 aromatic rings. The van der Waals surface area contributed by atoms with Gasteiger partial charge in [0.2, 0.25) is 5.78 Å². The molecule has 0 aliphatic carbocycles. The number of piperidine rings is 1. The van der Waals surface area contributed by atoms with Gasteiger partial charge in [0, 0.05) is 32.2 Å². The van der Waals surface area contributed by atoms with Crippen LogP contribution in [0.2, 0.25) is 0 Å². The van der Waals surface area contributed by atoms with E-state index in [1.54, 1.807) is 45.9 Å². The Kier molecular flexibility index (Phi) is 3.00. The highest BCUT2D eigenvalue weighted by Gasteiger charge is 2.47. The van der Waals surface area contributed by atoms with Crippen LogP contribution in [0.4, 0.5) is 4.79 Å². The van der Waals surface area contributed by atoms with Crippen LogP contribution in [0.3, 0.4) is 0 Å². The van der Waals surface area contributed by atoms with E-state index in [1.165, 1.54) is 0 Å². The summed E-state index contributed by atoms with van der Waals surface area (Å²) in [6.45, 7) is 1.56. The first-order valence-corrected chi connectivity index (χ1v) is 7.59. The van der Waals surface area contributed by atoms with E-state index in [1.807, 2.05) is 0 Å². The lowest BCUT2D eigenvalue weighted by atomic mass is 9.92. The first-order chi connectivity index (χ1) is 11.1. The van der Waals surface area contributed by atoms with Gasteiger partial charge in [-0.1, -0.05) is 0 Å².